The van der Waals surface area contributed by atoms with Crippen molar-refractivity contribution in [3.63, 3.8) is 0 Å². The topological polar surface area (TPSA) is 50.2 Å². The molecule has 0 spiro atoms. The zero-order valence-electron chi connectivity index (χ0n) is 18.3. The minimum Gasteiger partial charge on any atom is -0.354 e. The van der Waals surface area contributed by atoms with Crippen molar-refractivity contribution >= 4 is 5.91 Å². The maximum Gasteiger partial charge on any atom is 0.241 e. The van der Waals surface area contributed by atoms with E-state index in [2.05, 4.69) is 46.5 Å². The number of nitrogens with one attached hydrogen (secondary N) is 1. The van der Waals surface area contributed by atoms with Crippen LogP contribution in [0.3, 0.4) is 0 Å². The lowest BCUT2D eigenvalue weighted by Crippen LogP contribution is -2.39. The fourth-order valence-corrected chi connectivity index (χ4v) is 4.43. The highest BCUT2D eigenvalue weighted by Gasteiger charge is 2.18. The fourth-order valence-electron chi connectivity index (χ4n) is 4.43. The summed E-state index contributed by atoms with van der Waals surface area (Å²) in [4.78, 5) is 15.2. The number of nitrogens with zero attached hydrogens (tertiary/aromatic N) is 3. The van der Waals surface area contributed by atoms with Gasteiger partial charge < -0.3 is 10.2 Å². The van der Waals surface area contributed by atoms with Gasteiger partial charge >= 0.3 is 0 Å². The molecule has 3 aromatic rings. The summed E-state index contributed by atoms with van der Waals surface area (Å²) in [5.74, 6) is 0.00610. The minimum absolute atomic E-state index is 0.00610. The first-order valence-electron chi connectivity index (χ1n) is 11.4. The minimum atomic E-state index is 0.00610. The van der Waals surface area contributed by atoms with Crippen molar-refractivity contribution in [3.8, 4) is 22.4 Å². The van der Waals surface area contributed by atoms with E-state index in [0.717, 1.165) is 35.3 Å². The molecule has 1 fully saturated rings. The molecule has 162 valence electrons. The van der Waals surface area contributed by atoms with Gasteiger partial charge in [0.25, 0.3) is 0 Å². The van der Waals surface area contributed by atoms with Gasteiger partial charge in [-0.2, -0.15) is 5.10 Å². The van der Waals surface area contributed by atoms with Crippen LogP contribution < -0.4 is 5.32 Å². The largest absolute Gasteiger partial charge is 0.354 e. The number of rotatable bonds is 8. The van der Waals surface area contributed by atoms with E-state index in [1.54, 1.807) is 0 Å². The number of carbonyl (C=O) groups excluding carboxylic acids is 1. The Bertz CT molecular complexity index is 968. The normalized spacial score (nSPS) is 16.9. The summed E-state index contributed by atoms with van der Waals surface area (Å²) in [6.45, 7) is 5.47. The van der Waals surface area contributed by atoms with E-state index >= 15 is 0 Å². The van der Waals surface area contributed by atoms with Gasteiger partial charge in [0.2, 0.25) is 5.91 Å². The molecule has 1 atom stereocenters. The van der Waals surface area contributed by atoms with E-state index in [9.17, 15) is 4.79 Å². The van der Waals surface area contributed by atoms with Crippen LogP contribution in [0.5, 0.6) is 0 Å². The predicted octanol–water partition coefficient (Wildman–Crippen LogP) is 4.60. The molecule has 0 saturated carbocycles. The summed E-state index contributed by atoms with van der Waals surface area (Å²) in [5.41, 5.74) is 4.18. The number of benzene rings is 2. The van der Waals surface area contributed by atoms with Crippen LogP contribution in [-0.2, 0) is 11.3 Å². The number of hydrogen-bond acceptors (Lipinski definition) is 3. The number of carbonyl (C=O) groups is 1. The van der Waals surface area contributed by atoms with Crippen LogP contribution in [0.2, 0.25) is 0 Å². The molecule has 2 aromatic carbocycles. The van der Waals surface area contributed by atoms with Gasteiger partial charge in [-0.05, 0) is 38.3 Å². The molecule has 31 heavy (non-hydrogen) atoms. The van der Waals surface area contributed by atoms with Gasteiger partial charge in [0, 0.05) is 30.3 Å². The van der Waals surface area contributed by atoms with Gasteiger partial charge in [0.05, 0.1) is 11.9 Å². The average molecular weight is 417 g/mol. The molecular formula is C26H32N4O. The van der Waals surface area contributed by atoms with Crippen molar-refractivity contribution in [1.29, 1.82) is 0 Å². The van der Waals surface area contributed by atoms with Crippen LogP contribution in [0.15, 0.2) is 66.9 Å². The Balaban J connectivity index is 1.41. The lowest BCUT2D eigenvalue weighted by Gasteiger charge is -2.33. The Morgan fingerprint density at radius 1 is 1.03 bits per heavy atom. The molecule has 1 aliphatic heterocycles. The van der Waals surface area contributed by atoms with E-state index in [0.29, 0.717) is 12.6 Å². The van der Waals surface area contributed by atoms with E-state index in [1.807, 2.05) is 47.3 Å². The molecule has 0 radical (unpaired) electrons. The van der Waals surface area contributed by atoms with E-state index in [4.69, 9.17) is 0 Å². The summed E-state index contributed by atoms with van der Waals surface area (Å²) in [7, 11) is 0. The van der Waals surface area contributed by atoms with Crippen LogP contribution in [0.25, 0.3) is 22.4 Å². The van der Waals surface area contributed by atoms with Crippen molar-refractivity contribution < 1.29 is 4.79 Å². The third-order valence-corrected chi connectivity index (χ3v) is 6.15. The molecule has 1 unspecified atom stereocenters. The Morgan fingerprint density at radius 3 is 2.45 bits per heavy atom. The third kappa shape index (κ3) is 5.42. The number of amides is 1. The van der Waals surface area contributed by atoms with Crippen LogP contribution >= 0.6 is 0 Å². The van der Waals surface area contributed by atoms with Gasteiger partial charge in [-0.25, -0.2) is 0 Å². The zero-order chi connectivity index (χ0) is 21.5. The summed E-state index contributed by atoms with van der Waals surface area (Å²) in [6.07, 6.45) is 6.77. The molecule has 0 aliphatic carbocycles. The van der Waals surface area contributed by atoms with E-state index < -0.39 is 0 Å². The van der Waals surface area contributed by atoms with Gasteiger partial charge in [-0.1, -0.05) is 67.1 Å². The summed E-state index contributed by atoms with van der Waals surface area (Å²) >= 11 is 0. The van der Waals surface area contributed by atoms with Crippen molar-refractivity contribution in [2.75, 3.05) is 19.6 Å². The van der Waals surface area contributed by atoms with E-state index in [1.165, 1.54) is 25.8 Å². The van der Waals surface area contributed by atoms with Crippen LogP contribution in [0, 0.1) is 0 Å². The molecule has 2 heterocycles. The molecule has 4 rings (SSSR count). The van der Waals surface area contributed by atoms with Gasteiger partial charge in [-0.15, -0.1) is 0 Å². The fraction of sp³-hybridized carbons (Fsp3) is 0.385. The Labute approximate surface area is 185 Å². The maximum absolute atomic E-state index is 12.7. The standard InChI is InChI=1S/C26H32N4O/c1-21-11-8-9-17-29(21)18-10-16-27-25(31)20-30-26(23-14-6-3-7-15-23)24(19-28-30)22-12-4-2-5-13-22/h2-7,12-15,19,21H,8-11,16-18,20H2,1H3,(H,27,31). The van der Waals surface area contributed by atoms with Gasteiger partial charge in [-0.3, -0.25) is 9.48 Å². The Hall–Kier alpha value is -2.92. The summed E-state index contributed by atoms with van der Waals surface area (Å²) < 4.78 is 1.82. The maximum atomic E-state index is 12.7. The molecule has 5 heteroatoms. The second-order valence-corrected chi connectivity index (χ2v) is 8.38. The monoisotopic (exact) mass is 416 g/mol. The summed E-state index contributed by atoms with van der Waals surface area (Å²) in [5, 5.41) is 7.65. The Kier molecular flexibility index (Phi) is 7.15. The average Bonchev–Trinajstić information content (AvgIpc) is 3.22. The first-order chi connectivity index (χ1) is 15.2. The highest BCUT2D eigenvalue weighted by molar-refractivity contribution is 5.82. The lowest BCUT2D eigenvalue weighted by atomic mass is 10.0. The van der Waals surface area contributed by atoms with Gasteiger partial charge in [0.15, 0.2) is 0 Å². The molecule has 1 saturated heterocycles. The molecule has 1 aromatic heterocycles. The number of aromatic nitrogens is 2. The molecule has 5 nitrogen and oxygen atoms in total. The predicted molar refractivity (Wildman–Crippen MR) is 126 cm³/mol. The first-order valence-corrected chi connectivity index (χ1v) is 11.4. The van der Waals surface area contributed by atoms with Crippen LogP contribution in [0.4, 0.5) is 0 Å². The zero-order valence-corrected chi connectivity index (χ0v) is 18.3. The lowest BCUT2D eigenvalue weighted by molar-refractivity contribution is -0.121. The first kappa shape index (κ1) is 21.3. The van der Waals surface area contributed by atoms with Gasteiger partial charge in [0.1, 0.15) is 6.54 Å². The molecule has 0 bridgehead atoms. The summed E-state index contributed by atoms with van der Waals surface area (Å²) in [6, 6.07) is 21.1. The second kappa shape index (κ2) is 10.4. The van der Waals surface area contributed by atoms with Crippen LogP contribution in [0.1, 0.15) is 32.6 Å². The highest BCUT2D eigenvalue weighted by Crippen LogP contribution is 2.31. The van der Waals surface area contributed by atoms with E-state index in [-0.39, 0.29) is 12.5 Å². The highest BCUT2D eigenvalue weighted by atomic mass is 16.2. The number of piperidine rings is 1. The van der Waals surface area contributed by atoms with Crippen LogP contribution in [-0.4, -0.2) is 46.3 Å². The number of likely N-dealkylation sites (tertiary alicyclic amines) is 1. The van der Waals surface area contributed by atoms with Crippen molar-refractivity contribution in [2.24, 2.45) is 0 Å². The van der Waals surface area contributed by atoms with Crippen molar-refractivity contribution in [2.45, 2.75) is 45.2 Å². The number of hydrogen-bond donors (Lipinski definition) is 1. The second-order valence-electron chi connectivity index (χ2n) is 8.38. The third-order valence-electron chi connectivity index (χ3n) is 6.15. The SMILES string of the molecule is CC1CCCCN1CCCNC(=O)Cn1ncc(-c2ccccc2)c1-c1ccccc1. The quantitative estimate of drug-likeness (QED) is 0.546. The van der Waals surface area contributed by atoms with Crippen molar-refractivity contribution in [3.05, 3.63) is 66.9 Å². The molecule has 1 aliphatic rings. The van der Waals surface area contributed by atoms with Crippen molar-refractivity contribution in [1.82, 2.24) is 20.0 Å². The Morgan fingerprint density at radius 2 is 1.74 bits per heavy atom. The molecule has 1 amide bonds. The smallest absolute Gasteiger partial charge is 0.241 e. The molecular weight excluding hydrogens is 384 g/mol. The molecule has 1 N–H and O–H groups in total.